The Morgan fingerprint density at radius 1 is 1.28 bits per heavy atom. The molecule has 4 heteroatoms. The molecule has 18 heavy (non-hydrogen) atoms. The van der Waals surface area contributed by atoms with E-state index in [0.29, 0.717) is 23.1 Å². The van der Waals surface area contributed by atoms with Crippen molar-refractivity contribution in [3.63, 3.8) is 0 Å². The molecule has 1 aromatic carbocycles. The molecule has 2 rings (SSSR count). The summed E-state index contributed by atoms with van der Waals surface area (Å²) in [7, 11) is 3.16. The molecule has 1 heterocycles. The number of hydrogen-bond acceptors (Lipinski definition) is 3. The molecule has 0 aliphatic carbocycles. The summed E-state index contributed by atoms with van der Waals surface area (Å²) in [4.78, 5) is 14.3. The maximum Gasteiger partial charge on any atom is 0.254 e. The van der Waals surface area contributed by atoms with Crippen LogP contribution < -0.4 is 9.47 Å². The number of ether oxygens (including phenoxy) is 2. The Morgan fingerprint density at radius 2 is 2.00 bits per heavy atom. The Labute approximate surface area is 107 Å². The molecule has 1 fully saturated rings. The number of carbonyl (C=O) groups is 1. The smallest absolute Gasteiger partial charge is 0.254 e. The first-order valence-corrected chi connectivity index (χ1v) is 6.20. The summed E-state index contributed by atoms with van der Waals surface area (Å²) in [6, 6.07) is 5.62. The standard InChI is InChI=1S/C14H19NO3/c1-10-5-4-8-15(10)14(16)11-6-7-12(17-2)13(9-11)18-3/h6-7,9-10H,4-5,8H2,1-3H3. The first kappa shape index (κ1) is 12.7. The largest absolute Gasteiger partial charge is 0.493 e. The zero-order valence-corrected chi connectivity index (χ0v) is 11.1. The fraction of sp³-hybridized carbons (Fsp3) is 0.500. The minimum Gasteiger partial charge on any atom is -0.493 e. The summed E-state index contributed by atoms with van der Waals surface area (Å²) < 4.78 is 10.4. The number of methoxy groups -OCH3 is 2. The Kier molecular flexibility index (Phi) is 3.75. The SMILES string of the molecule is COc1ccc(C(=O)N2CCCC2C)cc1OC. The van der Waals surface area contributed by atoms with Crippen molar-refractivity contribution in [3.8, 4) is 11.5 Å². The number of benzene rings is 1. The van der Waals surface area contributed by atoms with Gasteiger partial charge in [0, 0.05) is 18.2 Å². The molecule has 0 N–H and O–H groups in total. The second-order valence-electron chi connectivity index (χ2n) is 4.56. The molecule has 0 spiro atoms. The Morgan fingerprint density at radius 3 is 2.56 bits per heavy atom. The second kappa shape index (κ2) is 5.29. The molecular formula is C14H19NO3. The van der Waals surface area contributed by atoms with Crippen molar-refractivity contribution >= 4 is 5.91 Å². The quantitative estimate of drug-likeness (QED) is 0.825. The van der Waals surface area contributed by atoms with Crippen LogP contribution in [0.15, 0.2) is 18.2 Å². The second-order valence-corrected chi connectivity index (χ2v) is 4.56. The molecule has 1 aliphatic rings. The topological polar surface area (TPSA) is 38.8 Å². The molecular weight excluding hydrogens is 230 g/mol. The van der Waals surface area contributed by atoms with E-state index in [-0.39, 0.29) is 5.91 Å². The van der Waals surface area contributed by atoms with Gasteiger partial charge >= 0.3 is 0 Å². The van der Waals surface area contributed by atoms with Crippen LogP contribution in [0, 0.1) is 0 Å². The van der Waals surface area contributed by atoms with Crippen molar-refractivity contribution in [1.29, 1.82) is 0 Å². The normalized spacial score (nSPS) is 18.8. The van der Waals surface area contributed by atoms with Crippen LogP contribution in [-0.2, 0) is 0 Å². The van der Waals surface area contributed by atoms with Gasteiger partial charge in [0.25, 0.3) is 5.91 Å². The minimum absolute atomic E-state index is 0.0703. The highest BCUT2D eigenvalue weighted by molar-refractivity contribution is 5.95. The molecule has 1 aliphatic heterocycles. The van der Waals surface area contributed by atoms with Crippen LogP contribution in [0.2, 0.25) is 0 Å². The van der Waals surface area contributed by atoms with Crippen molar-refractivity contribution in [2.75, 3.05) is 20.8 Å². The molecule has 4 nitrogen and oxygen atoms in total. The third-order valence-electron chi connectivity index (χ3n) is 3.44. The van der Waals surface area contributed by atoms with Gasteiger partial charge in [0.1, 0.15) is 0 Å². The van der Waals surface area contributed by atoms with Crippen molar-refractivity contribution in [1.82, 2.24) is 4.90 Å². The van der Waals surface area contributed by atoms with Crippen LogP contribution in [0.5, 0.6) is 11.5 Å². The van der Waals surface area contributed by atoms with Gasteiger partial charge in [0.2, 0.25) is 0 Å². The molecule has 1 unspecified atom stereocenters. The maximum atomic E-state index is 12.4. The van der Waals surface area contributed by atoms with Gasteiger partial charge in [0.15, 0.2) is 11.5 Å². The summed E-state index contributed by atoms with van der Waals surface area (Å²) >= 11 is 0. The Balaban J connectivity index is 2.25. The van der Waals surface area contributed by atoms with E-state index < -0.39 is 0 Å². The van der Waals surface area contributed by atoms with Crippen LogP contribution in [-0.4, -0.2) is 37.6 Å². The molecule has 0 aromatic heterocycles. The van der Waals surface area contributed by atoms with E-state index >= 15 is 0 Å². The van der Waals surface area contributed by atoms with Gasteiger partial charge in [-0.15, -0.1) is 0 Å². The third-order valence-corrected chi connectivity index (χ3v) is 3.44. The van der Waals surface area contributed by atoms with E-state index in [9.17, 15) is 4.79 Å². The summed E-state index contributed by atoms with van der Waals surface area (Å²) in [6.45, 7) is 2.93. The third kappa shape index (κ3) is 2.28. The van der Waals surface area contributed by atoms with Gasteiger partial charge in [-0.05, 0) is 38.0 Å². The van der Waals surface area contributed by atoms with E-state index in [1.807, 2.05) is 4.90 Å². The van der Waals surface area contributed by atoms with Crippen LogP contribution in [0.1, 0.15) is 30.1 Å². The van der Waals surface area contributed by atoms with E-state index in [0.717, 1.165) is 19.4 Å². The first-order valence-electron chi connectivity index (χ1n) is 6.20. The average molecular weight is 249 g/mol. The molecule has 1 amide bonds. The highest BCUT2D eigenvalue weighted by atomic mass is 16.5. The minimum atomic E-state index is 0.0703. The monoisotopic (exact) mass is 249 g/mol. The van der Waals surface area contributed by atoms with Gasteiger partial charge in [0.05, 0.1) is 14.2 Å². The van der Waals surface area contributed by atoms with Gasteiger partial charge in [-0.25, -0.2) is 0 Å². The maximum absolute atomic E-state index is 12.4. The van der Waals surface area contributed by atoms with Crippen LogP contribution in [0.25, 0.3) is 0 Å². The molecule has 0 saturated carbocycles. The van der Waals surface area contributed by atoms with Crippen molar-refractivity contribution in [2.45, 2.75) is 25.8 Å². The van der Waals surface area contributed by atoms with Gasteiger partial charge in [-0.2, -0.15) is 0 Å². The summed E-state index contributed by atoms with van der Waals surface area (Å²) in [6.07, 6.45) is 2.17. The predicted molar refractivity (Wildman–Crippen MR) is 69.3 cm³/mol. The van der Waals surface area contributed by atoms with Crippen LogP contribution in [0.3, 0.4) is 0 Å². The number of rotatable bonds is 3. The zero-order chi connectivity index (χ0) is 13.1. The average Bonchev–Trinajstić information content (AvgIpc) is 2.83. The molecule has 98 valence electrons. The number of carbonyl (C=O) groups excluding carboxylic acids is 1. The molecule has 1 saturated heterocycles. The van der Waals surface area contributed by atoms with Crippen molar-refractivity contribution in [3.05, 3.63) is 23.8 Å². The fourth-order valence-electron chi connectivity index (χ4n) is 2.37. The summed E-state index contributed by atoms with van der Waals surface area (Å²) in [5.74, 6) is 1.31. The van der Waals surface area contributed by atoms with Crippen LogP contribution >= 0.6 is 0 Å². The summed E-state index contributed by atoms with van der Waals surface area (Å²) in [5.41, 5.74) is 0.654. The number of hydrogen-bond donors (Lipinski definition) is 0. The van der Waals surface area contributed by atoms with E-state index in [4.69, 9.17) is 9.47 Å². The van der Waals surface area contributed by atoms with E-state index in [1.165, 1.54) is 0 Å². The van der Waals surface area contributed by atoms with E-state index in [1.54, 1.807) is 32.4 Å². The van der Waals surface area contributed by atoms with Gasteiger partial charge < -0.3 is 14.4 Å². The van der Waals surface area contributed by atoms with Gasteiger partial charge in [-0.1, -0.05) is 0 Å². The number of amides is 1. The lowest BCUT2D eigenvalue weighted by Gasteiger charge is -2.21. The number of nitrogens with zero attached hydrogens (tertiary/aromatic N) is 1. The predicted octanol–water partition coefficient (Wildman–Crippen LogP) is 2.33. The lowest BCUT2D eigenvalue weighted by molar-refractivity contribution is 0.0747. The van der Waals surface area contributed by atoms with Crippen molar-refractivity contribution in [2.24, 2.45) is 0 Å². The number of likely N-dealkylation sites (tertiary alicyclic amines) is 1. The lowest BCUT2D eigenvalue weighted by Crippen LogP contribution is -2.33. The van der Waals surface area contributed by atoms with Crippen LogP contribution in [0.4, 0.5) is 0 Å². The highest BCUT2D eigenvalue weighted by Gasteiger charge is 2.26. The summed E-state index contributed by atoms with van der Waals surface area (Å²) in [5, 5.41) is 0. The molecule has 0 bridgehead atoms. The molecule has 1 atom stereocenters. The molecule has 0 radical (unpaired) electrons. The Hall–Kier alpha value is -1.71. The Bertz CT molecular complexity index is 445. The van der Waals surface area contributed by atoms with E-state index in [2.05, 4.69) is 6.92 Å². The molecule has 1 aromatic rings. The lowest BCUT2D eigenvalue weighted by atomic mass is 10.1. The zero-order valence-electron chi connectivity index (χ0n) is 11.1. The van der Waals surface area contributed by atoms with Crippen molar-refractivity contribution < 1.29 is 14.3 Å². The first-order chi connectivity index (χ1) is 8.67. The fourth-order valence-corrected chi connectivity index (χ4v) is 2.37. The van der Waals surface area contributed by atoms with Gasteiger partial charge in [-0.3, -0.25) is 4.79 Å². The highest BCUT2D eigenvalue weighted by Crippen LogP contribution is 2.29.